The molecule has 1 aliphatic heterocycles. The van der Waals surface area contributed by atoms with Crippen LogP contribution < -0.4 is 5.32 Å². The van der Waals surface area contributed by atoms with Crippen LogP contribution in [-0.2, 0) is 5.41 Å². The summed E-state index contributed by atoms with van der Waals surface area (Å²) >= 11 is 0. The van der Waals surface area contributed by atoms with E-state index in [1.807, 2.05) is 19.1 Å². The highest BCUT2D eigenvalue weighted by atomic mass is 19.1. The number of benzene rings is 1. The molecule has 28 heavy (non-hydrogen) atoms. The van der Waals surface area contributed by atoms with Crippen molar-refractivity contribution in [1.82, 2.24) is 20.3 Å². The molecule has 0 atom stereocenters. The van der Waals surface area contributed by atoms with Crippen molar-refractivity contribution in [2.45, 2.75) is 38.0 Å². The third-order valence-corrected chi connectivity index (χ3v) is 6.04. The van der Waals surface area contributed by atoms with Crippen LogP contribution in [0.4, 0.5) is 4.39 Å². The number of nitrogens with one attached hydrogen (secondary N) is 2. The molecular weight excluding hydrogens is 355 g/mol. The van der Waals surface area contributed by atoms with E-state index in [2.05, 4.69) is 20.3 Å². The zero-order valence-electron chi connectivity index (χ0n) is 15.7. The molecule has 0 saturated heterocycles. The standard InChI is InChI=1S/C22H21FN4O/c1-13-4-5-14(16(23)10-13)20-24-9-6-17(27-20)18-11-15-19(26-18)22(7-2-3-8-22)12-25-21(15)28/h4-6,9-11,26H,2-3,7-8,12H2,1H3,(H,25,28). The third-order valence-electron chi connectivity index (χ3n) is 6.04. The van der Waals surface area contributed by atoms with Gasteiger partial charge in [-0.1, -0.05) is 18.9 Å². The number of fused-ring (bicyclic) bond motifs is 2. The lowest BCUT2D eigenvalue weighted by Gasteiger charge is -2.33. The molecular formula is C22H21FN4O. The van der Waals surface area contributed by atoms with Crippen LogP contribution in [0, 0.1) is 12.7 Å². The maximum absolute atomic E-state index is 14.4. The fraction of sp³-hybridized carbons (Fsp3) is 0.318. The molecule has 1 saturated carbocycles. The summed E-state index contributed by atoms with van der Waals surface area (Å²) in [5, 5.41) is 3.04. The molecule has 142 valence electrons. The zero-order chi connectivity index (χ0) is 19.3. The molecule has 3 aromatic rings. The van der Waals surface area contributed by atoms with E-state index in [-0.39, 0.29) is 17.1 Å². The number of aromatic nitrogens is 3. The number of amides is 1. The van der Waals surface area contributed by atoms with Gasteiger partial charge < -0.3 is 10.3 Å². The van der Waals surface area contributed by atoms with Crippen molar-refractivity contribution in [1.29, 1.82) is 0 Å². The van der Waals surface area contributed by atoms with Crippen LogP contribution in [0.15, 0.2) is 36.5 Å². The van der Waals surface area contributed by atoms with Gasteiger partial charge in [-0.3, -0.25) is 4.79 Å². The molecule has 0 bridgehead atoms. The molecule has 1 fully saturated rings. The molecule has 0 unspecified atom stereocenters. The van der Waals surface area contributed by atoms with Gasteiger partial charge in [0.25, 0.3) is 5.91 Å². The molecule has 1 aliphatic carbocycles. The maximum Gasteiger partial charge on any atom is 0.253 e. The first-order valence-corrected chi connectivity index (χ1v) is 9.67. The number of hydrogen-bond acceptors (Lipinski definition) is 3. The third kappa shape index (κ3) is 2.63. The van der Waals surface area contributed by atoms with Crippen molar-refractivity contribution in [2.75, 3.05) is 6.54 Å². The molecule has 0 radical (unpaired) electrons. The first-order chi connectivity index (χ1) is 13.6. The molecule has 2 aliphatic rings. The van der Waals surface area contributed by atoms with Crippen molar-refractivity contribution in [2.24, 2.45) is 0 Å². The van der Waals surface area contributed by atoms with E-state index in [0.29, 0.717) is 29.2 Å². The van der Waals surface area contributed by atoms with Crippen molar-refractivity contribution in [3.8, 4) is 22.8 Å². The van der Waals surface area contributed by atoms with Gasteiger partial charge in [-0.15, -0.1) is 0 Å². The summed E-state index contributed by atoms with van der Waals surface area (Å²) in [6, 6.07) is 8.67. The fourth-order valence-electron chi connectivity index (χ4n) is 4.54. The van der Waals surface area contributed by atoms with Crippen LogP contribution in [0.2, 0.25) is 0 Å². The van der Waals surface area contributed by atoms with Gasteiger partial charge in [0.1, 0.15) is 5.82 Å². The van der Waals surface area contributed by atoms with Crippen LogP contribution in [0.5, 0.6) is 0 Å². The summed E-state index contributed by atoms with van der Waals surface area (Å²) in [5.41, 5.74) is 4.36. The van der Waals surface area contributed by atoms with E-state index in [9.17, 15) is 9.18 Å². The minimum atomic E-state index is -0.341. The Kier molecular flexibility index (Phi) is 3.82. The van der Waals surface area contributed by atoms with Gasteiger partial charge in [0.05, 0.1) is 22.5 Å². The smallest absolute Gasteiger partial charge is 0.253 e. The van der Waals surface area contributed by atoms with E-state index in [1.54, 1.807) is 18.3 Å². The predicted molar refractivity (Wildman–Crippen MR) is 104 cm³/mol. The Morgan fingerprint density at radius 3 is 2.71 bits per heavy atom. The van der Waals surface area contributed by atoms with E-state index in [0.717, 1.165) is 29.8 Å². The van der Waals surface area contributed by atoms with Crippen molar-refractivity contribution in [3.05, 3.63) is 59.2 Å². The highest BCUT2D eigenvalue weighted by Crippen LogP contribution is 2.44. The number of carbonyl (C=O) groups is 1. The lowest BCUT2D eigenvalue weighted by Crippen LogP contribution is -2.45. The molecule has 2 N–H and O–H groups in total. The quantitative estimate of drug-likeness (QED) is 0.706. The molecule has 1 spiro atoms. The van der Waals surface area contributed by atoms with Crippen molar-refractivity contribution >= 4 is 5.91 Å². The van der Waals surface area contributed by atoms with Crippen molar-refractivity contribution < 1.29 is 9.18 Å². The van der Waals surface area contributed by atoms with Gasteiger partial charge in [-0.2, -0.15) is 0 Å². The minimum Gasteiger partial charge on any atom is -0.356 e. The monoisotopic (exact) mass is 376 g/mol. The number of rotatable bonds is 2. The Morgan fingerprint density at radius 1 is 1.11 bits per heavy atom. The van der Waals surface area contributed by atoms with Gasteiger partial charge in [-0.25, -0.2) is 14.4 Å². The molecule has 6 heteroatoms. The highest BCUT2D eigenvalue weighted by Gasteiger charge is 2.43. The fourth-order valence-corrected chi connectivity index (χ4v) is 4.54. The second-order valence-corrected chi connectivity index (χ2v) is 7.89. The van der Waals surface area contributed by atoms with Crippen LogP contribution in [0.1, 0.15) is 47.3 Å². The van der Waals surface area contributed by atoms with Gasteiger partial charge in [0.15, 0.2) is 5.82 Å². The molecule has 1 aromatic carbocycles. The van der Waals surface area contributed by atoms with Crippen LogP contribution >= 0.6 is 0 Å². The van der Waals surface area contributed by atoms with E-state index in [1.165, 1.54) is 18.9 Å². The average molecular weight is 376 g/mol. The Morgan fingerprint density at radius 2 is 1.93 bits per heavy atom. The topological polar surface area (TPSA) is 70.7 Å². The summed E-state index contributed by atoms with van der Waals surface area (Å²) in [4.78, 5) is 24.7. The van der Waals surface area contributed by atoms with Crippen LogP contribution in [0.3, 0.4) is 0 Å². The van der Waals surface area contributed by atoms with Gasteiger partial charge >= 0.3 is 0 Å². The molecule has 1 amide bonds. The SMILES string of the molecule is Cc1ccc(-c2nccc(-c3cc4c([nH]3)C3(CCCC3)CNC4=O)n2)c(F)c1. The average Bonchev–Trinajstić information content (AvgIpc) is 3.34. The minimum absolute atomic E-state index is 0.000415. The van der Waals surface area contributed by atoms with Crippen molar-refractivity contribution in [3.63, 3.8) is 0 Å². The summed E-state index contributed by atoms with van der Waals surface area (Å²) in [6.07, 6.45) is 6.12. The number of carbonyl (C=O) groups excluding carboxylic acids is 1. The summed E-state index contributed by atoms with van der Waals surface area (Å²) in [5.74, 6) is -0.0521. The lowest BCUT2D eigenvalue weighted by atomic mass is 9.78. The maximum atomic E-state index is 14.4. The van der Waals surface area contributed by atoms with Crippen LogP contribution in [0.25, 0.3) is 22.8 Å². The van der Waals surface area contributed by atoms with Gasteiger partial charge in [0, 0.05) is 23.9 Å². The Bertz CT molecular complexity index is 1080. The van der Waals surface area contributed by atoms with Crippen LogP contribution in [-0.4, -0.2) is 27.4 Å². The number of aromatic amines is 1. The first-order valence-electron chi connectivity index (χ1n) is 9.67. The zero-order valence-corrected chi connectivity index (χ0v) is 15.7. The Labute approximate surface area is 162 Å². The molecule has 5 nitrogen and oxygen atoms in total. The van der Waals surface area contributed by atoms with Gasteiger partial charge in [-0.05, 0) is 49.6 Å². The van der Waals surface area contributed by atoms with E-state index in [4.69, 9.17) is 0 Å². The number of hydrogen-bond donors (Lipinski definition) is 2. The van der Waals surface area contributed by atoms with Gasteiger partial charge in [0.2, 0.25) is 0 Å². The highest BCUT2D eigenvalue weighted by molar-refractivity contribution is 5.98. The van der Waals surface area contributed by atoms with E-state index < -0.39 is 0 Å². The normalized spacial score (nSPS) is 17.6. The summed E-state index contributed by atoms with van der Waals surface area (Å²) in [7, 11) is 0. The summed E-state index contributed by atoms with van der Waals surface area (Å²) < 4.78 is 14.4. The number of halogens is 1. The first kappa shape index (κ1) is 17.1. The largest absolute Gasteiger partial charge is 0.356 e. The molecule has 3 heterocycles. The number of aryl methyl sites for hydroxylation is 1. The predicted octanol–water partition coefficient (Wildman–Crippen LogP) is 4.14. The Hall–Kier alpha value is -3.02. The van der Waals surface area contributed by atoms with E-state index >= 15 is 0 Å². The number of nitrogens with zero attached hydrogens (tertiary/aromatic N) is 2. The Balaban J connectivity index is 1.59. The summed E-state index contributed by atoms with van der Waals surface area (Å²) in [6.45, 7) is 2.53. The second kappa shape index (κ2) is 6.26. The molecule has 2 aromatic heterocycles. The molecule has 5 rings (SSSR count). The lowest BCUT2D eigenvalue weighted by molar-refractivity contribution is 0.0924. The number of H-pyrrole nitrogens is 1. The second-order valence-electron chi connectivity index (χ2n) is 7.89.